The highest BCUT2D eigenvalue weighted by atomic mass is 35.5. The summed E-state index contributed by atoms with van der Waals surface area (Å²) in [6, 6.07) is 3.84. The molecule has 0 aliphatic carbocycles. The van der Waals surface area contributed by atoms with Crippen LogP contribution in [0.15, 0.2) is 22.7 Å². The monoisotopic (exact) mass is 280 g/mol. The van der Waals surface area contributed by atoms with E-state index in [0.29, 0.717) is 17.3 Å². The molecule has 2 aromatic rings. The van der Waals surface area contributed by atoms with Crippen LogP contribution in [0.25, 0.3) is 11.1 Å². The zero-order chi connectivity index (χ0) is 13.3. The summed E-state index contributed by atoms with van der Waals surface area (Å²) in [6.07, 6.45) is 3.82. The molecule has 1 saturated heterocycles. The summed E-state index contributed by atoms with van der Waals surface area (Å²) in [5.41, 5.74) is 0.661. The van der Waals surface area contributed by atoms with Gasteiger partial charge in [-0.15, -0.1) is 0 Å². The van der Waals surface area contributed by atoms with Crippen molar-refractivity contribution < 1.29 is 9.15 Å². The first-order chi connectivity index (χ1) is 9.15. The molecule has 1 aliphatic heterocycles. The number of nitrogens with one attached hydrogen (secondary N) is 1. The fourth-order valence-electron chi connectivity index (χ4n) is 2.42. The molecule has 0 saturated carbocycles. The lowest BCUT2D eigenvalue weighted by molar-refractivity contribution is 0.0271. The summed E-state index contributed by atoms with van der Waals surface area (Å²) in [5, 5.41) is 5.07. The molecule has 3 rings (SSSR count). The van der Waals surface area contributed by atoms with Crippen LogP contribution in [0.2, 0.25) is 5.02 Å². The fourth-order valence-corrected chi connectivity index (χ4v) is 2.59. The molecule has 3 heterocycles. The zero-order valence-corrected chi connectivity index (χ0v) is 11.7. The Balaban J connectivity index is 1.71. The Bertz CT molecular complexity index is 576. The van der Waals surface area contributed by atoms with Crippen LogP contribution >= 0.6 is 11.6 Å². The highest BCUT2D eigenvalue weighted by Crippen LogP contribution is 2.22. The van der Waals surface area contributed by atoms with Gasteiger partial charge in [-0.2, -0.15) is 0 Å². The molecule has 0 unspecified atom stereocenters. The van der Waals surface area contributed by atoms with Gasteiger partial charge in [-0.1, -0.05) is 11.6 Å². The minimum atomic E-state index is 0.0301. The van der Waals surface area contributed by atoms with Crippen LogP contribution < -0.4 is 5.32 Å². The van der Waals surface area contributed by atoms with Crippen molar-refractivity contribution in [3.05, 3.63) is 29.1 Å². The Morgan fingerprint density at radius 2 is 2.37 bits per heavy atom. The molecule has 102 valence electrons. The standard InChI is InChI=1S/C14H17ClN2O2/c1-14(3-2-4-18-9-14)17-8-12-6-10-5-11(15)7-16-13(10)19-12/h5-7,17H,2-4,8-9H2,1H3/t14-/m0/s1. The van der Waals surface area contributed by atoms with Crippen LogP contribution in [0.3, 0.4) is 0 Å². The van der Waals surface area contributed by atoms with Gasteiger partial charge in [0.05, 0.1) is 18.2 Å². The molecule has 0 aromatic carbocycles. The number of halogens is 1. The van der Waals surface area contributed by atoms with Gasteiger partial charge in [-0.25, -0.2) is 4.98 Å². The van der Waals surface area contributed by atoms with E-state index in [1.54, 1.807) is 6.20 Å². The van der Waals surface area contributed by atoms with Gasteiger partial charge in [0, 0.05) is 23.7 Å². The molecule has 2 aromatic heterocycles. The lowest BCUT2D eigenvalue weighted by atomic mass is 9.95. The number of aromatic nitrogens is 1. The number of nitrogens with zero attached hydrogens (tertiary/aromatic N) is 1. The maximum absolute atomic E-state index is 5.91. The highest BCUT2D eigenvalue weighted by molar-refractivity contribution is 6.31. The Morgan fingerprint density at radius 1 is 1.47 bits per heavy atom. The van der Waals surface area contributed by atoms with E-state index in [1.165, 1.54) is 0 Å². The fraction of sp³-hybridized carbons (Fsp3) is 0.500. The van der Waals surface area contributed by atoms with Crippen LogP contribution in [0.5, 0.6) is 0 Å². The number of hydrogen-bond donors (Lipinski definition) is 1. The van der Waals surface area contributed by atoms with Gasteiger partial charge < -0.3 is 14.5 Å². The Morgan fingerprint density at radius 3 is 3.16 bits per heavy atom. The minimum Gasteiger partial charge on any atom is -0.441 e. The first-order valence-corrected chi connectivity index (χ1v) is 6.89. The molecule has 0 amide bonds. The number of furan rings is 1. The predicted octanol–water partition coefficient (Wildman–Crippen LogP) is 3.14. The number of fused-ring (bicyclic) bond motifs is 1. The SMILES string of the molecule is C[C@]1(NCc2cc3cc(Cl)cnc3o2)CCCOC1. The maximum atomic E-state index is 5.91. The van der Waals surface area contributed by atoms with E-state index in [0.717, 1.165) is 37.2 Å². The van der Waals surface area contributed by atoms with Crippen molar-refractivity contribution in [3.8, 4) is 0 Å². The van der Waals surface area contributed by atoms with Crippen LogP contribution in [0, 0.1) is 0 Å². The third-order valence-electron chi connectivity index (χ3n) is 3.52. The summed E-state index contributed by atoms with van der Waals surface area (Å²) in [6.45, 7) is 4.47. The number of pyridine rings is 1. The van der Waals surface area contributed by atoms with E-state index in [2.05, 4.69) is 17.2 Å². The van der Waals surface area contributed by atoms with Crippen molar-refractivity contribution in [2.45, 2.75) is 31.8 Å². The second-order valence-corrected chi connectivity index (χ2v) is 5.77. The minimum absolute atomic E-state index is 0.0301. The predicted molar refractivity (Wildman–Crippen MR) is 74.3 cm³/mol. The summed E-state index contributed by atoms with van der Waals surface area (Å²) in [7, 11) is 0. The average molecular weight is 281 g/mol. The van der Waals surface area contributed by atoms with Crippen LogP contribution in [0.4, 0.5) is 0 Å². The van der Waals surface area contributed by atoms with Gasteiger partial charge in [0.25, 0.3) is 0 Å². The Kier molecular flexibility index (Phi) is 3.48. The molecule has 19 heavy (non-hydrogen) atoms. The first kappa shape index (κ1) is 12.9. The van der Waals surface area contributed by atoms with E-state index in [-0.39, 0.29) is 5.54 Å². The van der Waals surface area contributed by atoms with Gasteiger partial charge in [0.15, 0.2) is 0 Å². The molecule has 0 radical (unpaired) electrons. The molecule has 1 fully saturated rings. The van der Waals surface area contributed by atoms with Gasteiger partial charge in [0.2, 0.25) is 5.71 Å². The number of ether oxygens (including phenoxy) is 1. The molecular formula is C14H17ClN2O2. The Hall–Kier alpha value is -1.10. The van der Waals surface area contributed by atoms with Crippen LogP contribution in [-0.2, 0) is 11.3 Å². The average Bonchev–Trinajstić information content (AvgIpc) is 2.79. The molecular weight excluding hydrogens is 264 g/mol. The normalized spacial score (nSPS) is 23.9. The smallest absolute Gasteiger partial charge is 0.226 e. The molecule has 1 N–H and O–H groups in total. The summed E-state index contributed by atoms with van der Waals surface area (Å²) in [5.74, 6) is 0.872. The van der Waals surface area contributed by atoms with Crippen molar-refractivity contribution in [2.24, 2.45) is 0 Å². The quantitative estimate of drug-likeness (QED) is 0.938. The van der Waals surface area contributed by atoms with Gasteiger partial charge in [-0.3, -0.25) is 0 Å². The maximum Gasteiger partial charge on any atom is 0.226 e. The Labute approximate surface area is 117 Å². The lowest BCUT2D eigenvalue weighted by Gasteiger charge is -2.34. The summed E-state index contributed by atoms with van der Waals surface area (Å²) < 4.78 is 11.2. The topological polar surface area (TPSA) is 47.3 Å². The molecule has 1 atom stereocenters. The van der Waals surface area contributed by atoms with Gasteiger partial charge >= 0.3 is 0 Å². The molecule has 0 spiro atoms. The number of rotatable bonds is 3. The van der Waals surface area contributed by atoms with E-state index < -0.39 is 0 Å². The highest BCUT2D eigenvalue weighted by Gasteiger charge is 2.27. The van der Waals surface area contributed by atoms with E-state index in [1.807, 2.05) is 12.1 Å². The van der Waals surface area contributed by atoms with Crippen molar-refractivity contribution in [1.29, 1.82) is 0 Å². The molecule has 0 bridgehead atoms. The van der Waals surface area contributed by atoms with Crippen LogP contribution in [0.1, 0.15) is 25.5 Å². The van der Waals surface area contributed by atoms with Crippen molar-refractivity contribution in [2.75, 3.05) is 13.2 Å². The van der Waals surface area contributed by atoms with Crippen LogP contribution in [-0.4, -0.2) is 23.7 Å². The first-order valence-electron chi connectivity index (χ1n) is 6.51. The van der Waals surface area contributed by atoms with Crippen molar-refractivity contribution in [3.63, 3.8) is 0 Å². The lowest BCUT2D eigenvalue weighted by Crippen LogP contribution is -2.48. The zero-order valence-electron chi connectivity index (χ0n) is 10.9. The molecule has 1 aliphatic rings. The van der Waals surface area contributed by atoms with Gasteiger partial charge in [-0.05, 0) is 31.9 Å². The molecule has 5 heteroatoms. The van der Waals surface area contributed by atoms with Crippen molar-refractivity contribution >= 4 is 22.7 Å². The third-order valence-corrected chi connectivity index (χ3v) is 3.72. The molecule has 4 nitrogen and oxygen atoms in total. The second kappa shape index (κ2) is 5.12. The summed E-state index contributed by atoms with van der Waals surface area (Å²) in [4.78, 5) is 4.16. The largest absolute Gasteiger partial charge is 0.441 e. The van der Waals surface area contributed by atoms with Gasteiger partial charge in [0.1, 0.15) is 5.76 Å². The van der Waals surface area contributed by atoms with E-state index >= 15 is 0 Å². The second-order valence-electron chi connectivity index (χ2n) is 5.33. The van der Waals surface area contributed by atoms with E-state index in [9.17, 15) is 0 Å². The third kappa shape index (κ3) is 2.91. The number of hydrogen-bond acceptors (Lipinski definition) is 4. The van der Waals surface area contributed by atoms with E-state index in [4.69, 9.17) is 20.8 Å². The van der Waals surface area contributed by atoms with Crippen molar-refractivity contribution in [1.82, 2.24) is 10.3 Å². The summed E-state index contributed by atoms with van der Waals surface area (Å²) >= 11 is 5.91.